The van der Waals surface area contributed by atoms with E-state index >= 15 is 0 Å². The van der Waals surface area contributed by atoms with Gasteiger partial charge in [0.1, 0.15) is 0 Å². The lowest BCUT2D eigenvalue weighted by molar-refractivity contribution is 1.05. The fourth-order valence-corrected chi connectivity index (χ4v) is 9.15. The third-order valence-corrected chi connectivity index (χ3v) is 12.0. The molecule has 0 aliphatic carbocycles. The van der Waals surface area contributed by atoms with Gasteiger partial charge in [-0.2, -0.15) is 0 Å². The van der Waals surface area contributed by atoms with E-state index in [1.54, 1.807) is 0 Å². The third kappa shape index (κ3) is 5.90. The minimum absolute atomic E-state index is 0.581. The van der Waals surface area contributed by atoms with Crippen LogP contribution in [0, 0.1) is 0 Å². The Kier molecular flexibility index (Phi) is 8.42. The Balaban J connectivity index is 1.28. The van der Waals surface area contributed by atoms with Crippen molar-refractivity contribution in [1.29, 1.82) is 0 Å². The SMILES string of the molecule is c1ccc(-c2cccc(-c3cc(-c4nc(-c5ccccc5)nc(-c5ccccc5)n4)c(-n4c5ccccc5c5ccccc54)c(-n4c5ccccc5c5ccccc54)c3)c2)cc1. The van der Waals surface area contributed by atoms with Crippen LogP contribution in [0.3, 0.4) is 0 Å². The van der Waals surface area contributed by atoms with Gasteiger partial charge in [0.2, 0.25) is 0 Å². The first-order chi connectivity index (χ1) is 30.8. The number of hydrogen-bond donors (Lipinski definition) is 0. The quantitative estimate of drug-likeness (QED) is 0.162. The second kappa shape index (κ2) is 14.7. The van der Waals surface area contributed by atoms with Crippen molar-refractivity contribution in [3.63, 3.8) is 0 Å². The Labute approximate surface area is 358 Å². The molecule has 0 radical (unpaired) electrons. The van der Waals surface area contributed by atoms with Crippen molar-refractivity contribution in [2.45, 2.75) is 0 Å². The molecule has 0 aliphatic heterocycles. The highest BCUT2D eigenvalue weighted by Crippen LogP contribution is 2.44. The molecule has 5 nitrogen and oxygen atoms in total. The summed E-state index contributed by atoms with van der Waals surface area (Å²) in [6.45, 7) is 0. The number of nitrogens with zero attached hydrogens (tertiary/aromatic N) is 5. The third-order valence-electron chi connectivity index (χ3n) is 12.0. The highest BCUT2D eigenvalue weighted by Gasteiger charge is 2.26. The fourth-order valence-electron chi connectivity index (χ4n) is 9.15. The van der Waals surface area contributed by atoms with Crippen molar-refractivity contribution < 1.29 is 0 Å². The van der Waals surface area contributed by atoms with Gasteiger partial charge >= 0.3 is 0 Å². The van der Waals surface area contributed by atoms with Crippen LogP contribution >= 0.6 is 0 Å². The van der Waals surface area contributed by atoms with Crippen LogP contribution in [0.5, 0.6) is 0 Å². The second-order valence-corrected chi connectivity index (χ2v) is 15.6. The normalized spacial score (nSPS) is 11.5. The first-order valence-electron chi connectivity index (χ1n) is 21.0. The first kappa shape index (κ1) is 35.5. The first-order valence-corrected chi connectivity index (χ1v) is 21.0. The van der Waals surface area contributed by atoms with Crippen molar-refractivity contribution in [2.75, 3.05) is 0 Å². The summed E-state index contributed by atoms with van der Waals surface area (Å²) in [5, 5.41) is 4.72. The zero-order chi connectivity index (χ0) is 41.0. The molecule has 0 aliphatic rings. The number of hydrogen-bond acceptors (Lipinski definition) is 3. The summed E-state index contributed by atoms with van der Waals surface area (Å²) in [6, 6.07) is 79.4. The summed E-state index contributed by atoms with van der Waals surface area (Å²) in [5.74, 6) is 1.80. The van der Waals surface area contributed by atoms with Gasteiger partial charge in [-0.25, -0.2) is 15.0 Å². The molecule has 9 aromatic carbocycles. The largest absolute Gasteiger partial charge is 0.307 e. The molecule has 12 rings (SSSR count). The smallest absolute Gasteiger partial charge is 0.166 e. The van der Waals surface area contributed by atoms with Gasteiger partial charge in [0, 0.05) is 38.2 Å². The average molecular weight is 792 g/mol. The Morgan fingerprint density at radius 1 is 0.258 bits per heavy atom. The van der Waals surface area contributed by atoms with Crippen molar-refractivity contribution in [3.8, 4) is 67.8 Å². The monoisotopic (exact) mass is 791 g/mol. The molecule has 3 aromatic heterocycles. The summed E-state index contributed by atoms with van der Waals surface area (Å²) in [5.41, 5.74) is 13.6. The molecule has 12 aromatic rings. The molecule has 0 bridgehead atoms. The van der Waals surface area contributed by atoms with Crippen molar-refractivity contribution in [2.24, 2.45) is 0 Å². The Hall–Kier alpha value is -8.41. The summed E-state index contributed by atoms with van der Waals surface area (Å²) < 4.78 is 4.87. The lowest BCUT2D eigenvalue weighted by atomic mass is 9.95. The number of fused-ring (bicyclic) bond motifs is 6. The maximum Gasteiger partial charge on any atom is 0.166 e. The maximum atomic E-state index is 5.43. The van der Waals surface area contributed by atoms with Gasteiger partial charge in [-0.05, 0) is 64.7 Å². The van der Waals surface area contributed by atoms with Gasteiger partial charge < -0.3 is 9.13 Å². The summed E-state index contributed by atoms with van der Waals surface area (Å²) >= 11 is 0. The molecule has 290 valence electrons. The van der Waals surface area contributed by atoms with E-state index in [-0.39, 0.29) is 0 Å². The van der Waals surface area contributed by atoms with E-state index in [2.05, 4.69) is 197 Å². The Morgan fingerprint density at radius 2 is 0.629 bits per heavy atom. The van der Waals surface area contributed by atoms with Gasteiger partial charge in [-0.1, -0.05) is 182 Å². The van der Waals surface area contributed by atoms with E-state index in [0.29, 0.717) is 17.5 Å². The molecule has 62 heavy (non-hydrogen) atoms. The highest BCUT2D eigenvalue weighted by atomic mass is 15.1. The van der Waals surface area contributed by atoms with Crippen LogP contribution < -0.4 is 0 Å². The lowest BCUT2D eigenvalue weighted by Crippen LogP contribution is -2.09. The van der Waals surface area contributed by atoms with E-state index in [9.17, 15) is 0 Å². The van der Waals surface area contributed by atoms with E-state index in [1.807, 2.05) is 36.4 Å². The topological polar surface area (TPSA) is 48.5 Å². The zero-order valence-corrected chi connectivity index (χ0v) is 33.6. The molecule has 0 fully saturated rings. The van der Waals surface area contributed by atoms with Crippen LogP contribution in [-0.4, -0.2) is 24.1 Å². The van der Waals surface area contributed by atoms with Gasteiger partial charge in [0.25, 0.3) is 0 Å². The van der Waals surface area contributed by atoms with Crippen LogP contribution in [0.15, 0.2) is 224 Å². The molecule has 5 heteroatoms. The lowest BCUT2D eigenvalue weighted by Gasteiger charge is -2.22. The Bertz CT molecular complexity index is 3460. The van der Waals surface area contributed by atoms with E-state index in [0.717, 1.165) is 72.4 Å². The molecule has 0 saturated carbocycles. The molecule has 0 atom stereocenters. The Morgan fingerprint density at radius 3 is 1.11 bits per heavy atom. The predicted octanol–water partition coefficient (Wildman–Crippen LogP) is 14.4. The van der Waals surface area contributed by atoms with Crippen LogP contribution in [0.1, 0.15) is 0 Å². The molecule has 0 unspecified atom stereocenters. The molecule has 0 N–H and O–H groups in total. The van der Waals surface area contributed by atoms with Gasteiger partial charge in [-0.15, -0.1) is 0 Å². The second-order valence-electron chi connectivity index (χ2n) is 15.6. The average Bonchev–Trinajstić information content (AvgIpc) is 3.87. The van der Waals surface area contributed by atoms with Gasteiger partial charge in [0.05, 0.1) is 33.4 Å². The van der Waals surface area contributed by atoms with Crippen LogP contribution in [0.2, 0.25) is 0 Å². The van der Waals surface area contributed by atoms with Gasteiger partial charge in [-0.3, -0.25) is 0 Å². The van der Waals surface area contributed by atoms with Crippen LogP contribution in [0.25, 0.3) is 111 Å². The molecular weight excluding hydrogens is 755 g/mol. The molecular formula is C57H37N5. The van der Waals surface area contributed by atoms with E-state index in [4.69, 9.17) is 15.0 Å². The maximum absolute atomic E-state index is 5.43. The molecule has 0 spiro atoms. The highest BCUT2D eigenvalue weighted by molar-refractivity contribution is 6.12. The minimum Gasteiger partial charge on any atom is -0.307 e. The van der Waals surface area contributed by atoms with E-state index < -0.39 is 0 Å². The number of benzene rings is 9. The number of para-hydroxylation sites is 4. The van der Waals surface area contributed by atoms with Crippen molar-refractivity contribution in [1.82, 2.24) is 24.1 Å². The summed E-state index contributed by atoms with van der Waals surface area (Å²) in [7, 11) is 0. The fraction of sp³-hybridized carbons (Fsp3) is 0. The molecule has 0 amide bonds. The van der Waals surface area contributed by atoms with Crippen molar-refractivity contribution in [3.05, 3.63) is 224 Å². The summed E-state index contributed by atoms with van der Waals surface area (Å²) in [6.07, 6.45) is 0. The predicted molar refractivity (Wildman–Crippen MR) is 256 cm³/mol. The number of rotatable bonds is 7. The van der Waals surface area contributed by atoms with Gasteiger partial charge in [0.15, 0.2) is 17.5 Å². The molecule has 3 heterocycles. The van der Waals surface area contributed by atoms with Crippen molar-refractivity contribution >= 4 is 43.6 Å². The number of aromatic nitrogens is 5. The van der Waals surface area contributed by atoms with Crippen LogP contribution in [0.4, 0.5) is 0 Å². The minimum atomic E-state index is 0.581. The van der Waals surface area contributed by atoms with E-state index in [1.165, 1.54) is 21.5 Å². The van der Waals surface area contributed by atoms with Crippen LogP contribution in [-0.2, 0) is 0 Å². The standard InChI is InChI=1S/C57H37N5/c1-4-19-38(20-5-1)41-25-18-26-42(35-41)43-36-48(57-59-55(39-21-6-2-7-22-39)58-56(60-57)40-23-8-3-9-24-40)54(62-51-33-16-12-29-46(51)47-30-13-17-34-52(47)62)53(37-43)61-49-31-14-10-27-44(49)45-28-11-15-32-50(45)61/h1-37H. The molecule has 0 saturated heterocycles. The zero-order valence-electron chi connectivity index (χ0n) is 33.6. The summed E-state index contributed by atoms with van der Waals surface area (Å²) in [4.78, 5) is 16.0.